The maximum Gasteiger partial charge on any atom is 0.244 e. The minimum Gasteiger partial charge on any atom is -0.342 e. The molecule has 1 amide bonds. The number of hydrogen-bond donors (Lipinski definition) is 1. The molecule has 1 aromatic heterocycles. The summed E-state index contributed by atoms with van der Waals surface area (Å²) in [4.78, 5) is 37.6. The Kier molecular flexibility index (Phi) is 9.48. The lowest BCUT2D eigenvalue weighted by molar-refractivity contribution is -0.125. The van der Waals surface area contributed by atoms with Gasteiger partial charge >= 0.3 is 0 Å². The summed E-state index contributed by atoms with van der Waals surface area (Å²) in [6.07, 6.45) is 6.13. The fourth-order valence-electron chi connectivity index (χ4n) is 4.09. The second-order valence-electron chi connectivity index (χ2n) is 9.20. The third-order valence-electron chi connectivity index (χ3n) is 6.15. The summed E-state index contributed by atoms with van der Waals surface area (Å²) in [6.45, 7) is 1.58. The second kappa shape index (κ2) is 13.4. The Morgan fingerprint density at radius 2 is 1.72 bits per heavy atom. The molecule has 1 heterocycles. The molecule has 39 heavy (non-hydrogen) atoms. The number of halogens is 1. The Hall–Kier alpha value is -4.43. The maximum absolute atomic E-state index is 13.4. The van der Waals surface area contributed by atoms with Gasteiger partial charge in [0, 0.05) is 29.5 Å². The molecule has 0 spiro atoms. The molecular formula is C30H28ClN5O3. The first kappa shape index (κ1) is 27.6. The van der Waals surface area contributed by atoms with Gasteiger partial charge in [-0.05, 0) is 71.2 Å². The van der Waals surface area contributed by atoms with Crippen LogP contribution in [0.2, 0.25) is 5.02 Å². The van der Waals surface area contributed by atoms with E-state index in [0.717, 1.165) is 16.7 Å². The molecule has 8 nitrogen and oxygen atoms in total. The molecule has 0 aliphatic heterocycles. The van der Waals surface area contributed by atoms with Gasteiger partial charge in [-0.2, -0.15) is 4.68 Å². The number of aromatic nitrogens is 4. The topological polar surface area (TPSA) is 107 Å². The summed E-state index contributed by atoms with van der Waals surface area (Å²) in [5.41, 5.74) is 4.12. The van der Waals surface area contributed by atoms with Crippen molar-refractivity contribution in [3.05, 3.63) is 112 Å². The molecule has 0 bridgehead atoms. The lowest BCUT2D eigenvalue weighted by Gasteiger charge is -2.17. The van der Waals surface area contributed by atoms with Crippen LogP contribution in [0, 0.1) is 0 Å². The van der Waals surface area contributed by atoms with E-state index in [-0.39, 0.29) is 18.0 Å². The fourth-order valence-corrected chi connectivity index (χ4v) is 4.27. The third kappa shape index (κ3) is 8.28. The zero-order valence-corrected chi connectivity index (χ0v) is 22.2. The molecule has 9 heteroatoms. The summed E-state index contributed by atoms with van der Waals surface area (Å²) in [7, 11) is 0. The Morgan fingerprint density at radius 1 is 0.974 bits per heavy atom. The van der Waals surface area contributed by atoms with E-state index in [0.29, 0.717) is 35.5 Å². The maximum atomic E-state index is 13.4. The summed E-state index contributed by atoms with van der Waals surface area (Å²) in [5, 5.41) is 14.6. The predicted molar refractivity (Wildman–Crippen MR) is 149 cm³/mol. The zero-order valence-electron chi connectivity index (χ0n) is 21.5. The summed E-state index contributed by atoms with van der Waals surface area (Å²) >= 11 is 6.17. The summed E-state index contributed by atoms with van der Waals surface area (Å²) in [6, 6.07) is 21.7. The van der Waals surface area contributed by atoms with Crippen LogP contribution < -0.4 is 5.32 Å². The molecule has 0 unspecified atom stereocenters. The van der Waals surface area contributed by atoms with Gasteiger partial charge in [0.2, 0.25) is 5.91 Å². The van der Waals surface area contributed by atoms with Crippen molar-refractivity contribution in [1.82, 2.24) is 25.5 Å². The largest absolute Gasteiger partial charge is 0.342 e. The van der Waals surface area contributed by atoms with E-state index in [4.69, 9.17) is 11.6 Å². The van der Waals surface area contributed by atoms with Gasteiger partial charge in [0.05, 0.1) is 11.7 Å². The minimum atomic E-state index is -0.722. The van der Waals surface area contributed by atoms with Crippen LogP contribution in [0.15, 0.2) is 85.2 Å². The number of amides is 1. The molecule has 198 valence electrons. The summed E-state index contributed by atoms with van der Waals surface area (Å²) < 4.78 is 1.47. The van der Waals surface area contributed by atoms with Gasteiger partial charge < -0.3 is 10.1 Å². The van der Waals surface area contributed by atoms with E-state index in [1.165, 1.54) is 17.1 Å². The van der Waals surface area contributed by atoms with Crippen LogP contribution in [0.4, 0.5) is 0 Å². The number of Topliss-reactive ketones (excluding diaryl/α,β-unsaturated/α-hetero) is 2. The van der Waals surface area contributed by atoms with Gasteiger partial charge in [0.1, 0.15) is 12.1 Å². The quantitative estimate of drug-likeness (QED) is 0.267. The predicted octanol–water partition coefficient (Wildman–Crippen LogP) is 4.39. The molecule has 0 aliphatic rings. The highest BCUT2D eigenvalue weighted by Crippen LogP contribution is 2.20. The van der Waals surface area contributed by atoms with Crippen LogP contribution in [-0.4, -0.2) is 43.7 Å². The van der Waals surface area contributed by atoms with Crippen molar-refractivity contribution in [3.63, 3.8) is 0 Å². The van der Waals surface area contributed by atoms with Crippen LogP contribution in [0.1, 0.15) is 35.6 Å². The number of tetrazole rings is 1. The van der Waals surface area contributed by atoms with Crippen molar-refractivity contribution in [2.45, 2.75) is 38.6 Å². The monoisotopic (exact) mass is 541 g/mol. The average Bonchev–Trinajstić information content (AvgIpc) is 3.46. The van der Waals surface area contributed by atoms with Crippen LogP contribution >= 0.6 is 11.6 Å². The van der Waals surface area contributed by atoms with E-state index in [2.05, 4.69) is 20.8 Å². The van der Waals surface area contributed by atoms with Crippen LogP contribution in [0.25, 0.3) is 11.8 Å². The normalized spacial score (nSPS) is 11.8. The van der Waals surface area contributed by atoms with Crippen molar-refractivity contribution >= 4 is 35.2 Å². The van der Waals surface area contributed by atoms with Gasteiger partial charge in [0.15, 0.2) is 5.78 Å². The van der Waals surface area contributed by atoms with E-state index in [1.807, 2.05) is 54.6 Å². The molecule has 0 aliphatic carbocycles. The van der Waals surface area contributed by atoms with Gasteiger partial charge in [0.25, 0.3) is 0 Å². The van der Waals surface area contributed by atoms with E-state index in [9.17, 15) is 14.4 Å². The first-order valence-corrected chi connectivity index (χ1v) is 12.9. The number of ketones is 2. The Labute approximate surface area is 231 Å². The van der Waals surface area contributed by atoms with Gasteiger partial charge in [-0.1, -0.05) is 66.2 Å². The fraction of sp³-hybridized carbons (Fsp3) is 0.200. The molecule has 3 aromatic carbocycles. The molecule has 0 saturated carbocycles. The number of carbonyl (C=O) groups is 3. The Balaban J connectivity index is 1.48. The van der Waals surface area contributed by atoms with Crippen molar-refractivity contribution in [1.29, 1.82) is 0 Å². The first-order chi connectivity index (χ1) is 18.9. The molecule has 0 radical (unpaired) electrons. The van der Waals surface area contributed by atoms with E-state index < -0.39 is 11.9 Å². The molecule has 0 fully saturated rings. The SMILES string of the molecule is CC(=O)CCc1ccc(CC(=O)[C@H](Cc2ccccc2)NC(=O)/C=C/c2cc(Cl)ccc2-n2cnnn2)cc1. The van der Waals surface area contributed by atoms with Gasteiger partial charge in [-0.25, -0.2) is 0 Å². The number of rotatable bonds is 12. The minimum absolute atomic E-state index is 0.103. The number of nitrogens with one attached hydrogen (secondary N) is 1. The third-order valence-corrected chi connectivity index (χ3v) is 6.39. The van der Waals surface area contributed by atoms with Crippen LogP contribution in [0.3, 0.4) is 0 Å². The highest BCUT2D eigenvalue weighted by Gasteiger charge is 2.21. The number of nitrogens with zero attached hydrogens (tertiary/aromatic N) is 4. The molecular weight excluding hydrogens is 514 g/mol. The number of aryl methyl sites for hydroxylation is 1. The van der Waals surface area contributed by atoms with Crippen LogP contribution in [0.5, 0.6) is 0 Å². The van der Waals surface area contributed by atoms with E-state index in [1.54, 1.807) is 31.2 Å². The van der Waals surface area contributed by atoms with Crippen molar-refractivity contribution < 1.29 is 14.4 Å². The number of benzene rings is 3. The molecule has 0 saturated heterocycles. The lowest BCUT2D eigenvalue weighted by atomic mass is 9.96. The molecule has 1 N–H and O–H groups in total. The molecule has 4 aromatic rings. The smallest absolute Gasteiger partial charge is 0.244 e. The number of hydrogen-bond acceptors (Lipinski definition) is 6. The van der Waals surface area contributed by atoms with Gasteiger partial charge in [-0.15, -0.1) is 5.10 Å². The Bertz CT molecular complexity index is 1450. The summed E-state index contributed by atoms with van der Waals surface area (Å²) in [5.74, 6) is -0.370. The van der Waals surface area contributed by atoms with Crippen molar-refractivity contribution in [2.75, 3.05) is 0 Å². The van der Waals surface area contributed by atoms with Crippen molar-refractivity contribution in [3.8, 4) is 5.69 Å². The van der Waals surface area contributed by atoms with Crippen molar-refractivity contribution in [2.24, 2.45) is 0 Å². The second-order valence-corrected chi connectivity index (χ2v) is 9.64. The molecule has 1 atom stereocenters. The average molecular weight is 542 g/mol. The molecule has 4 rings (SSSR count). The Morgan fingerprint density at radius 3 is 2.41 bits per heavy atom. The van der Waals surface area contributed by atoms with Gasteiger partial charge in [-0.3, -0.25) is 9.59 Å². The zero-order chi connectivity index (χ0) is 27.6. The highest BCUT2D eigenvalue weighted by atomic mass is 35.5. The lowest BCUT2D eigenvalue weighted by Crippen LogP contribution is -2.42. The van der Waals surface area contributed by atoms with E-state index >= 15 is 0 Å². The first-order valence-electron chi connectivity index (χ1n) is 12.5. The number of carbonyl (C=O) groups excluding carboxylic acids is 3. The van der Waals surface area contributed by atoms with Crippen LogP contribution in [-0.2, 0) is 33.6 Å². The highest BCUT2D eigenvalue weighted by molar-refractivity contribution is 6.30. The standard InChI is InChI=1S/C30H28ClN5O3/c1-21(37)7-8-22-9-11-24(12-10-22)18-29(38)27(17-23-5-3-2-4-6-23)33-30(39)16-13-25-19-26(31)14-15-28(25)36-20-32-34-35-36/h2-6,9-16,19-20,27H,7-8,17-18H2,1H3,(H,33,39)/b16-13+/t27-/m0/s1.